The lowest BCUT2D eigenvalue weighted by Crippen LogP contribution is -2.20. The van der Waals surface area contributed by atoms with Gasteiger partial charge in [0.1, 0.15) is 0 Å². The van der Waals surface area contributed by atoms with Crippen molar-refractivity contribution in [2.24, 2.45) is 5.73 Å². The maximum absolute atomic E-state index is 10.8. The molecule has 1 unspecified atom stereocenters. The Kier molecular flexibility index (Phi) is 15.6. The first-order chi connectivity index (χ1) is 5.81. The van der Waals surface area contributed by atoms with Gasteiger partial charge in [0.25, 0.3) is 0 Å². The molecule has 7 heteroatoms. The van der Waals surface area contributed by atoms with Crippen LogP contribution in [0.1, 0.15) is 19.8 Å². The molecule has 80 valence electrons. The zero-order valence-corrected chi connectivity index (χ0v) is 8.34. The van der Waals surface area contributed by atoms with Crippen LogP contribution in [0.15, 0.2) is 0 Å². The molecule has 0 heterocycles. The molecule has 0 aliphatic rings. The fourth-order valence-electron chi connectivity index (χ4n) is 0.498. The molecule has 1 atom stereocenters. The number of hydroxylamine groups is 1. The monoisotopic (exact) mass is 226 g/mol. The third-order valence-electron chi connectivity index (χ3n) is 1.12. The molecule has 0 saturated heterocycles. The summed E-state index contributed by atoms with van der Waals surface area (Å²) in [6, 6.07) is 0. The number of hydrogen-bond acceptors (Lipinski definition) is 5. The van der Waals surface area contributed by atoms with Crippen molar-refractivity contribution in [1.82, 2.24) is 5.48 Å². The number of hydrogen-bond donors (Lipinski definition) is 2. The molecule has 0 bridgehead atoms. The molecular formula is C6H20AlN2O3P. The van der Waals surface area contributed by atoms with E-state index < -0.39 is 8.25 Å². The third kappa shape index (κ3) is 12.6. The number of unbranched alkanes of at least 4 members (excludes halogenated alkanes) is 1. The SMILES string of the molecule is CCCCO[PH](=O)ONCCN.[AlH3]. The van der Waals surface area contributed by atoms with Crippen LogP contribution in [-0.4, -0.2) is 37.1 Å². The highest BCUT2D eigenvalue weighted by Gasteiger charge is 1.97. The Labute approximate surface area is 90.4 Å². The van der Waals surface area contributed by atoms with E-state index in [0.29, 0.717) is 19.7 Å². The van der Waals surface area contributed by atoms with Gasteiger partial charge < -0.3 is 10.3 Å². The zero-order chi connectivity index (χ0) is 9.23. The first-order valence-corrected chi connectivity index (χ1v) is 5.30. The molecule has 0 fully saturated rings. The quantitative estimate of drug-likeness (QED) is 0.252. The molecule has 0 aromatic heterocycles. The van der Waals surface area contributed by atoms with Crippen LogP contribution in [0.4, 0.5) is 0 Å². The van der Waals surface area contributed by atoms with E-state index in [0.717, 1.165) is 12.8 Å². The van der Waals surface area contributed by atoms with Crippen molar-refractivity contribution in [3.8, 4) is 0 Å². The summed E-state index contributed by atoms with van der Waals surface area (Å²) in [5, 5.41) is 0. The van der Waals surface area contributed by atoms with Crippen LogP contribution < -0.4 is 11.2 Å². The van der Waals surface area contributed by atoms with E-state index in [4.69, 9.17) is 10.3 Å². The number of nitrogens with two attached hydrogens (primary N) is 1. The van der Waals surface area contributed by atoms with E-state index in [1.807, 2.05) is 6.92 Å². The molecule has 0 amide bonds. The standard InChI is InChI=1S/C6H17N2O3P.Al.3H/c1-2-3-6-10-12(9)11-8-5-4-7;;;;/h8,12H,2-7H2,1H3;;;;. The lowest BCUT2D eigenvalue weighted by molar-refractivity contribution is 0.158. The van der Waals surface area contributed by atoms with E-state index in [1.165, 1.54) is 0 Å². The highest BCUT2D eigenvalue weighted by molar-refractivity contribution is 7.33. The predicted octanol–water partition coefficient (Wildman–Crippen LogP) is -0.511. The molecule has 5 nitrogen and oxygen atoms in total. The van der Waals surface area contributed by atoms with Gasteiger partial charge in [0.2, 0.25) is 0 Å². The van der Waals surface area contributed by atoms with Crippen LogP contribution in [0.5, 0.6) is 0 Å². The minimum Gasteiger partial charge on any atom is -0.329 e. The Morgan fingerprint density at radius 2 is 2.23 bits per heavy atom. The minimum absolute atomic E-state index is 0. The lowest BCUT2D eigenvalue weighted by Gasteiger charge is -2.04. The molecule has 0 aliphatic heterocycles. The summed E-state index contributed by atoms with van der Waals surface area (Å²) in [5.74, 6) is 0. The van der Waals surface area contributed by atoms with Crippen molar-refractivity contribution < 1.29 is 13.7 Å². The smallest absolute Gasteiger partial charge is 0.329 e. The van der Waals surface area contributed by atoms with Crippen LogP contribution in [-0.2, 0) is 13.7 Å². The van der Waals surface area contributed by atoms with Crippen LogP contribution >= 0.6 is 8.25 Å². The Morgan fingerprint density at radius 3 is 2.77 bits per heavy atom. The molecule has 0 rings (SSSR count). The maximum Gasteiger partial charge on any atom is 0.335 e. The average molecular weight is 226 g/mol. The van der Waals surface area contributed by atoms with Crippen LogP contribution in [0, 0.1) is 0 Å². The minimum atomic E-state index is -2.35. The van der Waals surface area contributed by atoms with Crippen LogP contribution in [0.25, 0.3) is 0 Å². The summed E-state index contributed by atoms with van der Waals surface area (Å²) in [7, 11) is -2.35. The van der Waals surface area contributed by atoms with Gasteiger partial charge in [-0.05, 0) is 6.42 Å². The van der Waals surface area contributed by atoms with E-state index in [2.05, 4.69) is 10.1 Å². The fourth-order valence-corrected chi connectivity index (χ4v) is 1.09. The number of nitrogens with one attached hydrogen (secondary N) is 1. The summed E-state index contributed by atoms with van der Waals surface area (Å²) in [4.78, 5) is 0. The average Bonchev–Trinajstić information content (AvgIpc) is 2.06. The summed E-state index contributed by atoms with van der Waals surface area (Å²) in [5.41, 5.74) is 7.61. The number of rotatable bonds is 8. The Morgan fingerprint density at radius 1 is 1.54 bits per heavy atom. The second kappa shape index (κ2) is 12.6. The van der Waals surface area contributed by atoms with E-state index in [1.54, 1.807) is 0 Å². The molecule has 3 N–H and O–H groups in total. The van der Waals surface area contributed by atoms with Crippen LogP contribution in [0.2, 0.25) is 0 Å². The molecule has 0 saturated carbocycles. The molecule has 0 spiro atoms. The zero-order valence-electron chi connectivity index (χ0n) is 7.34. The van der Waals surface area contributed by atoms with Crippen molar-refractivity contribution in [1.29, 1.82) is 0 Å². The molecular weight excluding hydrogens is 206 g/mol. The summed E-state index contributed by atoms with van der Waals surface area (Å²) < 4.78 is 20.3. The highest BCUT2D eigenvalue weighted by atomic mass is 31.1. The van der Waals surface area contributed by atoms with Crippen molar-refractivity contribution in [3.05, 3.63) is 0 Å². The van der Waals surface area contributed by atoms with Gasteiger partial charge in [0.05, 0.1) is 6.61 Å². The van der Waals surface area contributed by atoms with Gasteiger partial charge in [-0.25, -0.2) is 4.62 Å². The lowest BCUT2D eigenvalue weighted by atomic mass is 10.4. The van der Waals surface area contributed by atoms with Gasteiger partial charge in [-0.15, -0.1) is 0 Å². The van der Waals surface area contributed by atoms with Gasteiger partial charge in [-0.1, -0.05) is 13.3 Å². The summed E-state index contributed by atoms with van der Waals surface area (Å²) in [6.07, 6.45) is 1.92. The predicted molar refractivity (Wildman–Crippen MR) is 57.9 cm³/mol. The van der Waals surface area contributed by atoms with Crippen molar-refractivity contribution >= 4 is 25.6 Å². The van der Waals surface area contributed by atoms with Gasteiger partial charge in [-0.2, -0.15) is 5.48 Å². The van der Waals surface area contributed by atoms with Crippen molar-refractivity contribution in [3.63, 3.8) is 0 Å². The van der Waals surface area contributed by atoms with Gasteiger partial charge in [0.15, 0.2) is 17.4 Å². The topological polar surface area (TPSA) is 73.6 Å². The van der Waals surface area contributed by atoms with E-state index in [-0.39, 0.29) is 17.4 Å². The van der Waals surface area contributed by atoms with Crippen molar-refractivity contribution in [2.45, 2.75) is 19.8 Å². The molecule has 0 aromatic rings. The Bertz CT molecular complexity index is 116. The normalized spacial score (nSPS) is 12.2. The largest absolute Gasteiger partial charge is 0.335 e. The first-order valence-electron chi connectivity index (χ1n) is 4.07. The highest BCUT2D eigenvalue weighted by Crippen LogP contribution is 2.21. The molecule has 0 aromatic carbocycles. The van der Waals surface area contributed by atoms with Crippen molar-refractivity contribution in [2.75, 3.05) is 19.7 Å². The third-order valence-corrected chi connectivity index (χ3v) is 1.87. The Hall–Kier alpha value is 0.602. The fraction of sp³-hybridized carbons (Fsp3) is 1.00. The molecule has 0 radical (unpaired) electrons. The van der Waals surface area contributed by atoms with Gasteiger partial charge >= 0.3 is 8.25 Å². The van der Waals surface area contributed by atoms with Crippen LogP contribution in [0.3, 0.4) is 0 Å². The van der Waals surface area contributed by atoms with E-state index in [9.17, 15) is 4.57 Å². The van der Waals surface area contributed by atoms with Gasteiger partial charge in [0, 0.05) is 13.1 Å². The second-order valence-electron chi connectivity index (χ2n) is 2.24. The summed E-state index contributed by atoms with van der Waals surface area (Å²) in [6.45, 7) is 3.45. The van der Waals surface area contributed by atoms with E-state index >= 15 is 0 Å². The molecule has 13 heavy (non-hydrogen) atoms. The first kappa shape index (κ1) is 16.0. The maximum atomic E-state index is 10.8. The van der Waals surface area contributed by atoms with Gasteiger partial charge in [-0.3, -0.25) is 4.57 Å². The Balaban J connectivity index is 0. The molecule has 0 aliphatic carbocycles. The second-order valence-corrected chi connectivity index (χ2v) is 3.23. The summed E-state index contributed by atoms with van der Waals surface area (Å²) >= 11 is 0.